The van der Waals surface area contributed by atoms with Gasteiger partial charge in [-0.3, -0.25) is 4.68 Å². The number of aryl methyl sites for hydroxylation is 1. The van der Waals surface area contributed by atoms with Crippen molar-refractivity contribution >= 4 is 5.69 Å². The fourth-order valence-electron chi connectivity index (χ4n) is 4.75. The molecule has 7 heteroatoms. The van der Waals surface area contributed by atoms with E-state index in [1.165, 1.54) is 0 Å². The van der Waals surface area contributed by atoms with Crippen LogP contribution in [0, 0.1) is 18.2 Å². The van der Waals surface area contributed by atoms with Gasteiger partial charge in [-0.1, -0.05) is 6.07 Å². The van der Waals surface area contributed by atoms with Gasteiger partial charge in [0.1, 0.15) is 11.6 Å². The lowest BCUT2D eigenvalue weighted by Gasteiger charge is -2.49. The molecule has 6 nitrogen and oxygen atoms in total. The van der Waals surface area contributed by atoms with Gasteiger partial charge in [0.25, 0.3) is 0 Å². The third-order valence-electron chi connectivity index (χ3n) is 6.96. The van der Waals surface area contributed by atoms with Gasteiger partial charge in [0.2, 0.25) is 0 Å². The van der Waals surface area contributed by atoms with Gasteiger partial charge in [-0.2, -0.15) is 5.10 Å². The van der Waals surface area contributed by atoms with Gasteiger partial charge < -0.3 is 10.2 Å². The van der Waals surface area contributed by atoms with Crippen LogP contribution in [-0.4, -0.2) is 45.9 Å². The standard InChI is InChI=1S/C25H31FN6/c1-17(2)32-14-20(13-29-32)24-18(3)12-28-23(30-24)11-19-4-5-22(21(26)10-19)31-8-6-25(7-9-31)15-27-16-25/h4-5,10,12-14,17,27H,6-9,11,15-16H2,1-3H3. The van der Waals surface area contributed by atoms with Crippen molar-refractivity contribution in [1.82, 2.24) is 25.1 Å². The number of nitrogens with one attached hydrogen (secondary N) is 1. The van der Waals surface area contributed by atoms with Crippen molar-refractivity contribution in [2.45, 2.75) is 46.1 Å². The van der Waals surface area contributed by atoms with Crippen molar-refractivity contribution in [3.05, 3.63) is 59.6 Å². The average Bonchev–Trinajstić information content (AvgIpc) is 3.25. The lowest BCUT2D eigenvalue weighted by Crippen LogP contribution is -2.58. The average molecular weight is 435 g/mol. The predicted molar refractivity (Wildman–Crippen MR) is 124 cm³/mol. The van der Waals surface area contributed by atoms with E-state index in [2.05, 4.69) is 34.1 Å². The first-order valence-corrected chi connectivity index (χ1v) is 11.5. The number of hydrogen-bond acceptors (Lipinski definition) is 5. The summed E-state index contributed by atoms with van der Waals surface area (Å²) in [5, 5.41) is 7.81. The Morgan fingerprint density at radius 3 is 2.56 bits per heavy atom. The van der Waals surface area contributed by atoms with Gasteiger partial charge in [0, 0.05) is 56.6 Å². The Morgan fingerprint density at radius 2 is 1.94 bits per heavy atom. The summed E-state index contributed by atoms with van der Waals surface area (Å²) in [6.45, 7) is 10.3. The van der Waals surface area contributed by atoms with Crippen molar-refractivity contribution in [3.8, 4) is 11.3 Å². The molecular weight excluding hydrogens is 403 g/mol. The monoisotopic (exact) mass is 434 g/mol. The van der Waals surface area contributed by atoms with Gasteiger partial charge in [0.05, 0.1) is 17.6 Å². The maximum atomic E-state index is 15.0. The topological polar surface area (TPSA) is 58.9 Å². The number of anilines is 1. The fourth-order valence-corrected chi connectivity index (χ4v) is 4.75. The minimum Gasteiger partial charge on any atom is -0.369 e. The van der Waals surface area contributed by atoms with Crippen LogP contribution in [-0.2, 0) is 6.42 Å². The molecule has 0 atom stereocenters. The van der Waals surface area contributed by atoms with Crippen molar-refractivity contribution < 1.29 is 4.39 Å². The largest absolute Gasteiger partial charge is 0.369 e. The van der Waals surface area contributed by atoms with Gasteiger partial charge in [-0.15, -0.1) is 0 Å². The highest BCUT2D eigenvalue weighted by Crippen LogP contribution is 2.37. The van der Waals surface area contributed by atoms with Crippen LogP contribution >= 0.6 is 0 Å². The fraction of sp³-hybridized carbons (Fsp3) is 0.480. The molecule has 168 valence electrons. The van der Waals surface area contributed by atoms with E-state index >= 15 is 4.39 Å². The van der Waals surface area contributed by atoms with Crippen LogP contribution < -0.4 is 10.2 Å². The smallest absolute Gasteiger partial charge is 0.146 e. The third-order valence-corrected chi connectivity index (χ3v) is 6.96. The van der Waals surface area contributed by atoms with Crippen molar-refractivity contribution in [2.24, 2.45) is 5.41 Å². The molecule has 2 aromatic heterocycles. The first kappa shape index (κ1) is 21.1. The molecule has 1 N–H and O–H groups in total. The molecule has 0 amide bonds. The SMILES string of the molecule is Cc1cnc(Cc2ccc(N3CCC4(CC3)CNC4)c(F)c2)nc1-c1cnn(C(C)C)c1. The maximum absolute atomic E-state index is 15.0. The van der Waals surface area contributed by atoms with E-state index in [-0.39, 0.29) is 5.82 Å². The molecule has 0 bridgehead atoms. The third kappa shape index (κ3) is 4.01. The summed E-state index contributed by atoms with van der Waals surface area (Å²) in [5.74, 6) is 0.531. The zero-order valence-corrected chi connectivity index (χ0v) is 19.1. The first-order valence-electron chi connectivity index (χ1n) is 11.5. The number of halogens is 1. The molecular formula is C25H31FN6. The molecule has 2 aliphatic rings. The number of rotatable bonds is 5. The van der Waals surface area contributed by atoms with E-state index in [0.29, 0.717) is 29.4 Å². The Balaban J connectivity index is 1.31. The van der Waals surface area contributed by atoms with Gasteiger partial charge in [-0.05, 0) is 62.3 Å². The predicted octanol–water partition coefficient (Wildman–Crippen LogP) is 4.15. The lowest BCUT2D eigenvalue weighted by atomic mass is 9.73. The van der Waals surface area contributed by atoms with Crippen LogP contribution in [0.3, 0.4) is 0 Å². The zero-order valence-electron chi connectivity index (χ0n) is 19.1. The summed E-state index contributed by atoms with van der Waals surface area (Å²) < 4.78 is 16.9. The number of hydrogen-bond donors (Lipinski definition) is 1. The zero-order chi connectivity index (χ0) is 22.3. The van der Waals surface area contributed by atoms with Crippen LogP contribution in [0.25, 0.3) is 11.3 Å². The summed E-state index contributed by atoms with van der Waals surface area (Å²) in [5.41, 5.74) is 4.91. The maximum Gasteiger partial charge on any atom is 0.146 e. The van der Waals surface area contributed by atoms with Crippen LogP contribution in [0.15, 0.2) is 36.8 Å². The Morgan fingerprint density at radius 1 is 1.16 bits per heavy atom. The molecule has 0 saturated carbocycles. The van der Waals surface area contributed by atoms with E-state index in [0.717, 1.165) is 61.4 Å². The summed E-state index contributed by atoms with van der Waals surface area (Å²) in [6.07, 6.45) is 8.46. The molecule has 3 aromatic rings. The molecule has 32 heavy (non-hydrogen) atoms. The normalized spacial score (nSPS) is 17.7. The van der Waals surface area contributed by atoms with E-state index in [1.807, 2.05) is 42.3 Å². The van der Waals surface area contributed by atoms with Gasteiger partial charge >= 0.3 is 0 Å². The van der Waals surface area contributed by atoms with E-state index in [4.69, 9.17) is 4.98 Å². The second-order valence-corrected chi connectivity index (χ2v) is 9.67. The number of nitrogens with zero attached hydrogens (tertiary/aromatic N) is 5. The Labute approximate surface area is 188 Å². The Bertz CT molecular complexity index is 1110. The number of piperidine rings is 1. The molecule has 1 aromatic carbocycles. The van der Waals surface area contributed by atoms with Crippen molar-refractivity contribution in [2.75, 3.05) is 31.1 Å². The summed E-state index contributed by atoms with van der Waals surface area (Å²) in [4.78, 5) is 11.5. The molecule has 2 fully saturated rings. The number of aromatic nitrogens is 4. The second kappa shape index (κ2) is 8.28. The summed E-state index contributed by atoms with van der Waals surface area (Å²) in [7, 11) is 0. The summed E-state index contributed by atoms with van der Waals surface area (Å²) >= 11 is 0. The van der Waals surface area contributed by atoms with Gasteiger partial charge in [0.15, 0.2) is 0 Å². The molecule has 4 heterocycles. The highest BCUT2D eigenvalue weighted by Gasteiger charge is 2.39. The summed E-state index contributed by atoms with van der Waals surface area (Å²) in [6, 6.07) is 5.86. The molecule has 0 unspecified atom stereocenters. The van der Waals surface area contributed by atoms with Crippen LogP contribution in [0.4, 0.5) is 10.1 Å². The van der Waals surface area contributed by atoms with Crippen LogP contribution in [0.1, 0.15) is 49.7 Å². The highest BCUT2D eigenvalue weighted by molar-refractivity contribution is 5.60. The van der Waals surface area contributed by atoms with Crippen LogP contribution in [0.2, 0.25) is 0 Å². The van der Waals surface area contributed by atoms with E-state index in [1.54, 1.807) is 6.07 Å². The van der Waals surface area contributed by atoms with E-state index < -0.39 is 0 Å². The minimum absolute atomic E-state index is 0.157. The number of benzene rings is 1. The molecule has 1 spiro atoms. The molecule has 2 saturated heterocycles. The van der Waals surface area contributed by atoms with Crippen molar-refractivity contribution in [3.63, 3.8) is 0 Å². The lowest BCUT2D eigenvalue weighted by molar-refractivity contribution is 0.126. The van der Waals surface area contributed by atoms with Crippen LogP contribution in [0.5, 0.6) is 0 Å². The molecule has 0 aliphatic carbocycles. The second-order valence-electron chi connectivity index (χ2n) is 9.67. The van der Waals surface area contributed by atoms with Gasteiger partial charge in [-0.25, -0.2) is 14.4 Å². The van der Waals surface area contributed by atoms with E-state index in [9.17, 15) is 0 Å². The highest BCUT2D eigenvalue weighted by atomic mass is 19.1. The molecule has 5 rings (SSSR count). The first-order chi connectivity index (χ1) is 15.4. The Hall–Kier alpha value is -2.80. The van der Waals surface area contributed by atoms with Crippen molar-refractivity contribution in [1.29, 1.82) is 0 Å². The molecule has 0 radical (unpaired) electrons. The Kier molecular flexibility index (Phi) is 5.45. The quantitative estimate of drug-likeness (QED) is 0.654. The minimum atomic E-state index is -0.157. The molecule has 2 aliphatic heterocycles.